The first-order valence-corrected chi connectivity index (χ1v) is 6.28. The Kier molecular flexibility index (Phi) is 4.89. The van der Waals surface area contributed by atoms with E-state index in [1.807, 2.05) is 0 Å². The average Bonchev–Trinajstić information content (AvgIpc) is 2.16. The van der Waals surface area contributed by atoms with Crippen molar-refractivity contribution in [3.63, 3.8) is 0 Å². The van der Waals surface area contributed by atoms with E-state index in [2.05, 4.69) is 15.9 Å². The van der Waals surface area contributed by atoms with Crippen molar-refractivity contribution in [2.24, 2.45) is 0 Å². The zero-order chi connectivity index (χ0) is 12.3. The van der Waals surface area contributed by atoms with E-state index in [9.17, 15) is 14.6 Å². The number of aryl methyl sites for hydroxylation is 2. The van der Waals surface area contributed by atoms with E-state index in [0.29, 0.717) is 28.4 Å². The molecule has 0 bridgehead atoms. The molecule has 0 radical (unpaired) electrons. The molecule has 0 saturated carbocycles. The lowest BCUT2D eigenvalue weighted by molar-refractivity contribution is 0.0166. The minimum absolute atomic E-state index is 0.319. The first-order chi connectivity index (χ1) is 7.47. The van der Waals surface area contributed by atoms with Gasteiger partial charge in [-0.25, -0.2) is 4.39 Å². The quantitative estimate of drug-likeness (QED) is 0.837. The maximum atomic E-state index is 13.1. The van der Waals surface area contributed by atoms with Crippen molar-refractivity contribution in [1.29, 1.82) is 0 Å². The highest BCUT2D eigenvalue weighted by Crippen LogP contribution is 2.26. The van der Waals surface area contributed by atoms with Crippen molar-refractivity contribution in [1.82, 2.24) is 0 Å². The molecular weight excluding hydrogens is 275 g/mol. The molecule has 1 aromatic carbocycles. The summed E-state index contributed by atoms with van der Waals surface area (Å²) >= 11 is 3.21. The molecule has 0 amide bonds. The van der Waals surface area contributed by atoms with Crippen molar-refractivity contribution in [2.75, 3.05) is 5.33 Å². The minimum Gasteiger partial charge on any atom is -0.390 e. The van der Waals surface area contributed by atoms with Gasteiger partial charge in [0.05, 0.1) is 6.10 Å². The Morgan fingerprint density at radius 3 is 2.19 bits per heavy atom. The molecule has 90 valence electrons. The van der Waals surface area contributed by atoms with Crippen LogP contribution in [0.25, 0.3) is 0 Å². The van der Waals surface area contributed by atoms with Crippen molar-refractivity contribution in [3.8, 4) is 0 Å². The van der Waals surface area contributed by atoms with Gasteiger partial charge in [-0.3, -0.25) is 0 Å². The highest BCUT2D eigenvalue weighted by Gasteiger charge is 2.21. The standard InChI is InChI=1S/C12H16BrFO2/c1-7-5-9(14)6-8(2)11(7)12(16)10(15)3-4-13/h5-6,10,12,15-16H,3-4H2,1-2H3. The molecule has 4 heteroatoms. The fraction of sp³-hybridized carbons (Fsp3) is 0.500. The summed E-state index contributed by atoms with van der Waals surface area (Å²) in [7, 11) is 0. The van der Waals surface area contributed by atoms with Crippen LogP contribution in [-0.2, 0) is 0 Å². The Morgan fingerprint density at radius 2 is 1.75 bits per heavy atom. The molecule has 2 N–H and O–H groups in total. The van der Waals surface area contributed by atoms with Crippen molar-refractivity contribution in [2.45, 2.75) is 32.5 Å². The fourth-order valence-corrected chi connectivity index (χ4v) is 2.32. The van der Waals surface area contributed by atoms with Crippen molar-refractivity contribution < 1.29 is 14.6 Å². The van der Waals surface area contributed by atoms with Crippen LogP contribution < -0.4 is 0 Å². The number of alkyl halides is 1. The number of benzene rings is 1. The topological polar surface area (TPSA) is 40.5 Å². The van der Waals surface area contributed by atoms with Gasteiger partial charge < -0.3 is 10.2 Å². The molecule has 0 aromatic heterocycles. The third-order valence-electron chi connectivity index (χ3n) is 2.62. The molecule has 2 nitrogen and oxygen atoms in total. The van der Waals surface area contributed by atoms with Gasteiger partial charge in [-0.2, -0.15) is 0 Å². The Morgan fingerprint density at radius 1 is 1.25 bits per heavy atom. The molecule has 0 saturated heterocycles. The Labute approximate surface area is 103 Å². The Balaban J connectivity index is 3.03. The second-order valence-corrected chi connectivity index (χ2v) is 4.74. The Bertz CT molecular complexity index is 345. The predicted octanol–water partition coefficient (Wildman–Crippen LogP) is 2.62. The zero-order valence-electron chi connectivity index (χ0n) is 9.37. The molecule has 0 spiro atoms. The summed E-state index contributed by atoms with van der Waals surface area (Å²) < 4.78 is 13.1. The van der Waals surface area contributed by atoms with Gasteiger partial charge in [-0.15, -0.1) is 0 Å². The van der Waals surface area contributed by atoms with Gasteiger partial charge in [0.15, 0.2) is 0 Å². The van der Waals surface area contributed by atoms with E-state index in [1.54, 1.807) is 13.8 Å². The molecule has 16 heavy (non-hydrogen) atoms. The molecule has 1 aromatic rings. The van der Waals surface area contributed by atoms with Crippen LogP contribution >= 0.6 is 15.9 Å². The molecule has 1 rings (SSSR count). The SMILES string of the molecule is Cc1cc(F)cc(C)c1C(O)C(O)CCBr. The van der Waals surface area contributed by atoms with E-state index in [-0.39, 0.29) is 5.82 Å². The number of halogens is 2. The van der Waals surface area contributed by atoms with Crippen molar-refractivity contribution in [3.05, 3.63) is 34.6 Å². The summed E-state index contributed by atoms with van der Waals surface area (Å²) in [4.78, 5) is 0. The van der Waals surface area contributed by atoms with Crippen LogP contribution in [0.2, 0.25) is 0 Å². The van der Waals surface area contributed by atoms with Gasteiger partial charge in [-0.1, -0.05) is 15.9 Å². The smallest absolute Gasteiger partial charge is 0.123 e. The lowest BCUT2D eigenvalue weighted by atomic mass is 9.94. The van der Waals surface area contributed by atoms with Crippen molar-refractivity contribution >= 4 is 15.9 Å². The lowest BCUT2D eigenvalue weighted by Gasteiger charge is -2.21. The van der Waals surface area contributed by atoms with Crippen LogP contribution in [0.4, 0.5) is 4.39 Å². The number of aliphatic hydroxyl groups is 2. The fourth-order valence-electron chi connectivity index (χ4n) is 1.85. The predicted molar refractivity (Wildman–Crippen MR) is 65.3 cm³/mol. The van der Waals surface area contributed by atoms with Gasteiger partial charge in [-0.05, 0) is 49.1 Å². The molecule has 2 atom stereocenters. The van der Waals surface area contributed by atoms with Crippen LogP contribution in [0.5, 0.6) is 0 Å². The van der Waals surface area contributed by atoms with Crippen LogP contribution in [0.1, 0.15) is 29.2 Å². The van der Waals surface area contributed by atoms with E-state index in [1.165, 1.54) is 12.1 Å². The van der Waals surface area contributed by atoms with E-state index in [0.717, 1.165) is 0 Å². The molecule has 0 aliphatic rings. The molecule has 0 fully saturated rings. The van der Waals surface area contributed by atoms with Gasteiger partial charge in [0.2, 0.25) is 0 Å². The summed E-state index contributed by atoms with van der Waals surface area (Å²) in [6.45, 7) is 3.46. The summed E-state index contributed by atoms with van der Waals surface area (Å²) in [6, 6.07) is 2.73. The van der Waals surface area contributed by atoms with Gasteiger partial charge >= 0.3 is 0 Å². The van der Waals surface area contributed by atoms with Crippen LogP contribution in [0.15, 0.2) is 12.1 Å². The minimum atomic E-state index is -0.960. The molecule has 2 unspecified atom stereocenters. The maximum Gasteiger partial charge on any atom is 0.123 e. The second-order valence-electron chi connectivity index (χ2n) is 3.94. The van der Waals surface area contributed by atoms with Gasteiger partial charge in [0, 0.05) is 5.33 Å². The average molecular weight is 291 g/mol. The van der Waals surface area contributed by atoms with E-state index in [4.69, 9.17) is 0 Å². The van der Waals surface area contributed by atoms with Gasteiger partial charge in [0.25, 0.3) is 0 Å². The first kappa shape index (κ1) is 13.6. The number of rotatable bonds is 4. The molecule has 0 aliphatic heterocycles. The largest absolute Gasteiger partial charge is 0.390 e. The zero-order valence-corrected chi connectivity index (χ0v) is 11.0. The number of hydrogen-bond donors (Lipinski definition) is 2. The van der Waals surface area contributed by atoms with Crippen LogP contribution in [0, 0.1) is 19.7 Å². The van der Waals surface area contributed by atoms with Gasteiger partial charge in [0.1, 0.15) is 11.9 Å². The first-order valence-electron chi connectivity index (χ1n) is 5.16. The second kappa shape index (κ2) is 5.75. The molecule has 0 aliphatic carbocycles. The third kappa shape index (κ3) is 3.03. The molecular formula is C12H16BrFO2. The Hall–Kier alpha value is -0.450. The summed E-state index contributed by atoms with van der Waals surface area (Å²) in [5, 5.41) is 20.3. The normalized spacial score (nSPS) is 14.9. The van der Waals surface area contributed by atoms with Crippen LogP contribution in [0.3, 0.4) is 0 Å². The highest BCUT2D eigenvalue weighted by molar-refractivity contribution is 9.09. The van der Waals surface area contributed by atoms with E-state index >= 15 is 0 Å². The lowest BCUT2D eigenvalue weighted by Crippen LogP contribution is -2.20. The number of aliphatic hydroxyl groups excluding tert-OH is 2. The summed E-state index contributed by atoms with van der Waals surface area (Å²) in [6.07, 6.45) is -1.34. The number of hydrogen-bond acceptors (Lipinski definition) is 2. The van der Waals surface area contributed by atoms with E-state index < -0.39 is 12.2 Å². The molecule has 0 heterocycles. The maximum absolute atomic E-state index is 13.1. The summed E-state index contributed by atoms with van der Waals surface area (Å²) in [5.41, 5.74) is 1.95. The highest BCUT2D eigenvalue weighted by atomic mass is 79.9. The monoisotopic (exact) mass is 290 g/mol. The third-order valence-corrected chi connectivity index (χ3v) is 3.08. The van der Waals surface area contributed by atoms with Crippen LogP contribution in [-0.4, -0.2) is 21.6 Å². The summed E-state index contributed by atoms with van der Waals surface area (Å²) in [5.74, 6) is -0.319.